The zero-order chi connectivity index (χ0) is 13.1. The molecule has 0 saturated heterocycles. The molecule has 0 fully saturated rings. The molecular formula is C14H11ClFNO. The number of aryl methyl sites for hydroxylation is 1. The largest absolute Gasteiger partial charge is 0.322 e. The molecule has 2 aromatic rings. The fraction of sp³-hybridized carbons (Fsp3) is 0.0714. The van der Waals surface area contributed by atoms with Crippen molar-refractivity contribution in [3.63, 3.8) is 0 Å². The number of carbonyl (C=O) groups is 1. The Morgan fingerprint density at radius 3 is 2.44 bits per heavy atom. The van der Waals surface area contributed by atoms with Gasteiger partial charge in [0.15, 0.2) is 0 Å². The highest BCUT2D eigenvalue weighted by atomic mass is 35.5. The van der Waals surface area contributed by atoms with Gasteiger partial charge in [0.05, 0.1) is 0 Å². The van der Waals surface area contributed by atoms with E-state index in [4.69, 9.17) is 11.6 Å². The van der Waals surface area contributed by atoms with Crippen molar-refractivity contribution in [3.05, 3.63) is 64.4 Å². The molecule has 1 N–H and O–H groups in total. The van der Waals surface area contributed by atoms with Gasteiger partial charge < -0.3 is 5.32 Å². The first-order chi connectivity index (χ1) is 8.56. The molecule has 0 aliphatic carbocycles. The van der Waals surface area contributed by atoms with Crippen molar-refractivity contribution in [3.8, 4) is 0 Å². The van der Waals surface area contributed by atoms with Gasteiger partial charge in [-0.1, -0.05) is 17.7 Å². The summed E-state index contributed by atoms with van der Waals surface area (Å²) in [5, 5.41) is 3.19. The maximum absolute atomic E-state index is 13.3. The van der Waals surface area contributed by atoms with Gasteiger partial charge in [-0.3, -0.25) is 4.79 Å². The molecular weight excluding hydrogens is 253 g/mol. The molecule has 0 unspecified atom stereocenters. The van der Waals surface area contributed by atoms with E-state index < -0.39 is 0 Å². The Morgan fingerprint density at radius 1 is 1.17 bits per heavy atom. The summed E-state index contributed by atoms with van der Waals surface area (Å²) in [6, 6.07) is 11.1. The normalized spacial score (nSPS) is 10.2. The smallest absolute Gasteiger partial charge is 0.255 e. The van der Waals surface area contributed by atoms with Crippen LogP contribution in [-0.4, -0.2) is 5.91 Å². The van der Waals surface area contributed by atoms with E-state index in [2.05, 4.69) is 5.32 Å². The molecule has 92 valence electrons. The second kappa shape index (κ2) is 5.19. The van der Waals surface area contributed by atoms with Crippen molar-refractivity contribution in [2.24, 2.45) is 0 Å². The molecule has 0 aromatic heterocycles. The topological polar surface area (TPSA) is 29.1 Å². The summed E-state index contributed by atoms with van der Waals surface area (Å²) in [5.41, 5.74) is 1.44. The van der Waals surface area contributed by atoms with E-state index >= 15 is 0 Å². The zero-order valence-electron chi connectivity index (χ0n) is 9.71. The molecule has 0 spiro atoms. The summed E-state index contributed by atoms with van der Waals surface area (Å²) in [6.07, 6.45) is 0. The van der Waals surface area contributed by atoms with Gasteiger partial charge in [0, 0.05) is 16.3 Å². The number of benzene rings is 2. The van der Waals surface area contributed by atoms with Gasteiger partial charge in [0.1, 0.15) is 5.82 Å². The lowest BCUT2D eigenvalue weighted by Gasteiger charge is -2.06. The lowest BCUT2D eigenvalue weighted by atomic mass is 10.2. The highest BCUT2D eigenvalue weighted by molar-refractivity contribution is 6.30. The van der Waals surface area contributed by atoms with Crippen LogP contribution in [-0.2, 0) is 0 Å². The summed E-state index contributed by atoms with van der Waals surface area (Å²) in [7, 11) is 0. The number of hydrogen-bond acceptors (Lipinski definition) is 1. The highest BCUT2D eigenvalue weighted by Gasteiger charge is 2.07. The molecule has 2 rings (SSSR count). The van der Waals surface area contributed by atoms with Crippen molar-refractivity contribution >= 4 is 23.2 Å². The Kier molecular flexibility index (Phi) is 3.63. The minimum Gasteiger partial charge on any atom is -0.322 e. The molecule has 18 heavy (non-hydrogen) atoms. The number of rotatable bonds is 2. The SMILES string of the molecule is Cc1ccc(NC(=O)c2ccc(Cl)cc2)cc1F. The van der Waals surface area contributed by atoms with Crippen LogP contribution in [0.2, 0.25) is 5.02 Å². The molecule has 0 atom stereocenters. The van der Waals surface area contributed by atoms with E-state index in [0.717, 1.165) is 0 Å². The highest BCUT2D eigenvalue weighted by Crippen LogP contribution is 2.15. The van der Waals surface area contributed by atoms with E-state index in [1.165, 1.54) is 6.07 Å². The van der Waals surface area contributed by atoms with Crippen molar-refractivity contribution in [1.82, 2.24) is 0 Å². The molecule has 0 bridgehead atoms. The van der Waals surface area contributed by atoms with Crippen LogP contribution >= 0.6 is 11.6 Å². The van der Waals surface area contributed by atoms with Crippen LogP contribution in [0.25, 0.3) is 0 Å². The Bertz CT molecular complexity index is 581. The van der Waals surface area contributed by atoms with Crippen LogP contribution in [0.4, 0.5) is 10.1 Å². The number of amides is 1. The van der Waals surface area contributed by atoms with Gasteiger partial charge in [-0.05, 0) is 48.9 Å². The molecule has 0 saturated carbocycles. The average Bonchev–Trinajstić information content (AvgIpc) is 2.34. The third-order valence-corrected chi connectivity index (χ3v) is 2.79. The third kappa shape index (κ3) is 2.87. The molecule has 2 aromatic carbocycles. The average molecular weight is 264 g/mol. The Hall–Kier alpha value is -1.87. The van der Waals surface area contributed by atoms with Gasteiger partial charge in [-0.25, -0.2) is 4.39 Å². The number of hydrogen-bond donors (Lipinski definition) is 1. The maximum Gasteiger partial charge on any atom is 0.255 e. The van der Waals surface area contributed by atoms with Crippen LogP contribution < -0.4 is 5.32 Å². The first kappa shape index (κ1) is 12.6. The molecule has 2 nitrogen and oxygen atoms in total. The van der Waals surface area contributed by atoms with Gasteiger partial charge in [0.2, 0.25) is 0 Å². The number of nitrogens with one attached hydrogen (secondary N) is 1. The van der Waals surface area contributed by atoms with Crippen molar-refractivity contribution in [2.75, 3.05) is 5.32 Å². The minimum absolute atomic E-state index is 0.296. The Labute approximate surface area is 109 Å². The monoisotopic (exact) mass is 263 g/mol. The van der Waals surface area contributed by atoms with Crippen LogP contribution in [0.15, 0.2) is 42.5 Å². The summed E-state index contributed by atoms with van der Waals surface area (Å²) in [4.78, 5) is 11.8. The van der Waals surface area contributed by atoms with E-state index in [1.807, 2.05) is 0 Å². The molecule has 1 amide bonds. The summed E-state index contributed by atoms with van der Waals surface area (Å²) < 4.78 is 13.3. The quantitative estimate of drug-likeness (QED) is 0.870. The van der Waals surface area contributed by atoms with E-state index in [9.17, 15) is 9.18 Å². The first-order valence-corrected chi connectivity index (χ1v) is 5.77. The number of carbonyl (C=O) groups excluding carboxylic acids is 1. The Morgan fingerprint density at radius 2 is 1.83 bits per heavy atom. The summed E-state index contributed by atoms with van der Waals surface area (Å²) in [5.74, 6) is -0.640. The van der Waals surface area contributed by atoms with Gasteiger partial charge in [-0.2, -0.15) is 0 Å². The zero-order valence-corrected chi connectivity index (χ0v) is 10.5. The second-order valence-corrected chi connectivity index (χ2v) is 4.36. The molecule has 0 radical (unpaired) electrons. The fourth-order valence-electron chi connectivity index (χ4n) is 1.48. The fourth-order valence-corrected chi connectivity index (χ4v) is 1.60. The first-order valence-electron chi connectivity index (χ1n) is 5.39. The van der Waals surface area contributed by atoms with E-state index in [0.29, 0.717) is 21.8 Å². The standard InChI is InChI=1S/C14H11ClFNO/c1-9-2-7-12(8-13(9)16)17-14(18)10-3-5-11(15)6-4-10/h2-8H,1H3,(H,17,18). The lowest BCUT2D eigenvalue weighted by Crippen LogP contribution is -2.11. The van der Waals surface area contributed by atoms with Crippen LogP contribution in [0.3, 0.4) is 0 Å². The minimum atomic E-state index is -0.344. The van der Waals surface area contributed by atoms with E-state index in [-0.39, 0.29) is 11.7 Å². The van der Waals surface area contributed by atoms with Crippen LogP contribution in [0.1, 0.15) is 15.9 Å². The number of anilines is 1. The molecule has 0 heterocycles. The number of halogens is 2. The molecule has 0 aliphatic rings. The summed E-state index contributed by atoms with van der Waals surface area (Å²) in [6.45, 7) is 1.67. The Balaban J connectivity index is 2.16. The third-order valence-electron chi connectivity index (χ3n) is 2.54. The van der Waals surface area contributed by atoms with Gasteiger partial charge in [0.25, 0.3) is 5.91 Å². The lowest BCUT2D eigenvalue weighted by molar-refractivity contribution is 0.102. The predicted molar refractivity (Wildman–Crippen MR) is 70.5 cm³/mol. The van der Waals surface area contributed by atoms with Crippen LogP contribution in [0.5, 0.6) is 0 Å². The maximum atomic E-state index is 13.3. The van der Waals surface area contributed by atoms with Crippen molar-refractivity contribution in [1.29, 1.82) is 0 Å². The van der Waals surface area contributed by atoms with Crippen molar-refractivity contribution in [2.45, 2.75) is 6.92 Å². The van der Waals surface area contributed by atoms with Crippen LogP contribution in [0, 0.1) is 12.7 Å². The predicted octanol–water partition coefficient (Wildman–Crippen LogP) is 4.04. The summed E-state index contributed by atoms with van der Waals surface area (Å²) >= 11 is 5.73. The van der Waals surface area contributed by atoms with Gasteiger partial charge in [-0.15, -0.1) is 0 Å². The molecule has 0 aliphatic heterocycles. The second-order valence-electron chi connectivity index (χ2n) is 3.92. The molecule has 4 heteroatoms. The van der Waals surface area contributed by atoms with Gasteiger partial charge >= 0.3 is 0 Å². The van der Waals surface area contributed by atoms with Crippen molar-refractivity contribution < 1.29 is 9.18 Å². The van der Waals surface area contributed by atoms with E-state index in [1.54, 1.807) is 43.3 Å².